The third-order valence-electron chi connectivity index (χ3n) is 5.11. The van der Waals surface area contributed by atoms with E-state index in [0.29, 0.717) is 37.3 Å². The maximum absolute atomic E-state index is 12.8. The molecule has 0 radical (unpaired) electrons. The summed E-state index contributed by atoms with van der Waals surface area (Å²) in [6, 6.07) is 17.6. The van der Waals surface area contributed by atoms with Gasteiger partial charge in [-0.05, 0) is 43.2 Å². The molecule has 30 heavy (non-hydrogen) atoms. The molecule has 1 aliphatic rings. The Kier molecular flexibility index (Phi) is 6.03. The first kappa shape index (κ1) is 20.8. The Balaban J connectivity index is 1.36. The molecule has 3 aromatic rings. The lowest BCUT2D eigenvalue weighted by atomic mass is 10.1. The van der Waals surface area contributed by atoms with Crippen molar-refractivity contribution in [1.82, 2.24) is 19.8 Å². The standard InChI is InChI=1S/C21H21BrN4O3S/c22-16-8-6-15(7-9-16)19-14-20(24-23-19)21(27)26-12-10-17(11-13-26)25-30(28,29)18-4-2-1-3-5-18/h1-9,14,17,25H,10-13H2,(H,23,24). The van der Waals surface area contributed by atoms with Gasteiger partial charge in [0.2, 0.25) is 10.0 Å². The van der Waals surface area contributed by atoms with Crippen molar-refractivity contribution in [3.63, 3.8) is 0 Å². The van der Waals surface area contributed by atoms with E-state index in [1.54, 1.807) is 41.3 Å². The highest BCUT2D eigenvalue weighted by molar-refractivity contribution is 9.10. The zero-order chi connectivity index (χ0) is 21.1. The first-order chi connectivity index (χ1) is 14.4. The predicted molar refractivity (Wildman–Crippen MR) is 117 cm³/mol. The molecule has 0 saturated carbocycles. The maximum Gasteiger partial charge on any atom is 0.271 e. The average molecular weight is 489 g/mol. The van der Waals surface area contributed by atoms with E-state index in [1.165, 1.54) is 0 Å². The maximum atomic E-state index is 12.8. The Bertz CT molecular complexity index is 1120. The lowest BCUT2D eigenvalue weighted by Crippen LogP contribution is -2.46. The summed E-state index contributed by atoms with van der Waals surface area (Å²) in [7, 11) is -3.55. The van der Waals surface area contributed by atoms with Gasteiger partial charge in [0.15, 0.2) is 0 Å². The Morgan fingerprint density at radius 1 is 1.07 bits per heavy atom. The van der Waals surface area contributed by atoms with Crippen molar-refractivity contribution >= 4 is 31.9 Å². The summed E-state index contributed by atoms with van der Waals surface area (Å²) in [5, 5.41) is 7.07. The molecule has 2 N–H and O–H groups in total. The Morgan fingerprint density at radius 3 is 2.40 bits per heavy atom. The van der Waals surface area contributed by atoms with Crippen LogP contribution < -0.4 is 4.72 Å². The Hall–Kier alpha value is -2.49. The zero-order valence-corrected chi connectivity index (χ0v) is 18.5. The van der Waals surface area contributed by atoms with Gasteiger partial charge >= 0.3 is 0 Å². The van der Waals surface area contributed by atoms with E-state index in [-0.39, 0.29) is 16.8 Å². The smallest absolute Gasteiger partial charge is 0.271 e. The molecule has 1 amide bonds. The fourth-order valence-electron chi connectivity index (χ4n) is 3.46. The minimum atomic E-state index is -3.55. The summed E-state index contributed by atoms with van der Waals surface area (Å²) >= 11 is 3.40. The molecule has 9 heteroatoms. The topological polar surface area (TPSA) is 95.2 Å². The van der Waals surface area contributed by atoms with Gasteiger partial charge in [-0.3, -0.25) is 9.89 Å². The Labute approximate surface area is 183 Å². The number of rotatable bonds is 5. The van der Waals surface area contributed by atoms with Crippen LogP contribution in [-0.2, 0) is 10.0 Å². The number of hydrogen-bond donors (Lipinski definition) is 2. The van der Waals surface area contributed by atoms with Crippen LogP contribution in [0.1, 0.15) is 23.3 Å². The summed E-state index contributed by atoms with van der Waals surface area (Å²) in [5.74, 6) is -0.129. The number of H-pyrrole nitrogens is 1. The number of nitrogens with zero attached hydrogens (tertiary/aromatic N) is 2. The van der Waals surface area contributed by atoms with Gasteiger partial charge in [0.25, 0.3) is 5.91 Å². The number of carbonyl (C=O) groups excluding carboxylic acids is 1. The van der Waals surface area contributed by atoms with E-state index in [1.807, 2.05) is 24.3 Å². The summed E-state index contributed by atoms with van der Waals surface area (Å²) < 4.78 is 28.7. The van der Waals surface area contributed by atoms with Gasteiger partial charge in [-0.2, -0.15) is 5.10 Å². The second kappa shape index (κ2) is 8.71. The van der Waals surface area contributed by atoms with Crippen molar-refractivity contribution in [2.75, 3.05) is 13.1 Å². The minimum Gasteiger partial charge on any atom is -0.337 e. The summed E-state index contributed by atoms with van der Waals surface area (Å²) in [6.07, 6.45) is 1.12. The minimum absolute atomic E-state index is 0.129. The van der Waals surface area contributed by atoms with Crippen LogP contribution in [0.25, 0.3) is 11.3 Å². The van der Waals surface area contributed by atoms with Gasteiger partial charge in [0.05, 0.1) is 10.6 Å². The molecule has 0 spiro atoms. The molecule has 156 valence electrons. The molecule has 1 fully saturated rings. The predicted octanol–water partition coefficient (Wildman–Crippen LogP) is 3.42. The Morgan fingerprint density at radius 2 is 1.73 bits per heavy atom. The van der Waals surface area contributed by atoms with E-state index < -0.39 is 10.0 Å². The number of benzene rings is 2. The largest absolute Gasteiger partial charge is 0.337 e. The third-order valence-corrected chi connectivity index (χ3v) is 7.17. The molecule has 7 nitrogen and oxygen atoms in total. The molecule has 2 heterocycles. The first-order valence-electron chi connectivity index (χ1n) is 9.60. The number of amides is 1. The monoisotopic (exact) mass is 488 g/mol. The summed E-state index contributed by atoms with van der Waals surface area (Å²) in [4.78, 5) is 14.8. The van der Waals surface area contributed by atoms with Crippen LogP contribution in [0.15, 0.2) is 70.0 Å². The van der Waals surface area contributed by atoms with Gasteiger partial charge in [0.1, 0.15) is 5.69 Å². The van der Waals surface area contributed by atoms with Gasteiger partial charge in [-0.25, -0.2) is 13.1 Å². The molecule has 0 aliphatic carbocycles. The highest BCUT2D eigenvalue weighted by Crippen LogP contribution is 2.22. The number of nitrogens with one attached hydrogen (secondary N) is 2. The zero-order valence-electron chi connectivity index (χ0n) is 16.1. The fraction of sp³-hybridized carbons (Fsp3) is 0.238. The van der Waals surface area contributed by atoms with Crippen molar-refractivity contribution in [3.05, 3.63) is 70.8 Å². The van der Waals surface area contributed by atoms with Crippen LogP contribution >= 0.6 is 15.9 Å². The number of sulfonamides is 1. The van der Waals surface area contributed by atoms with E-state index >= 15 is 0 Å². The number of carbonyl (C=O) groups is 1. The highest BCUT2D eigenvalue weighted by atomic mass is 79.9. The van der Waals surface area contributed by atoms with Crippen molar-refractivity contribution in [3.8, 4) is 11.3 Å². The molecule has 4 rings (SSSR count). The second-order valence-corrected chi connectivity index (χ2v) is 9.80. The van der Waals surface area contributed by atoms with Crippen LogP contribution in [0.5, 0.6) is 0 Å². The fourth-order valence-corrected chi connectivity index (χ4v) is 5.05. The quantitative estimate of drug-likeness (QED) is 0.574. The highest BCUT2D eigenvalue weighted by Gasteiger charge is 2.28. The number of aromatic nitrogens is 2. The lowest BCUT2D eigenvalue weighted by Gasteiger charge is -2.31. The molecule has 1 saturated heterocycles. The van der Waals surface area contributed by atoms with Crippen molar-refractivity contribution in [2.24, 2.45) is 0 Å². The lowest BCUT2D eigenvalue weighted by molar-refractivity contribution is 0.0705. The molecular weight excluding hydrogens is 468 g/mol. The number of aromatic amines is 1. The molecule has 2 aromatic carbocycles. The van der Waals surface area contributed by atoms with E-state index in [9.17, 15) is 13.2 Å². The molecule has 0 bridgehead atoms. The van der Waals surface area contributed by atoms with Crippen LogP contribution in [-0.4, -0.2) is 48.6 Å². The van der Waals surface area contributed by atoms with Crippen LogP contribution in [0, 0.1) is 0 Å². The summed E-state index contributed by atoms with van der Waals surface area (Å²) in [5.41, 5.74) is 2.05. The van der Waals surface area contributed by atoms with Crippen molar-refractivity contribution < 1.29 is 13.2 Å². The van der Waals surface area contributed by atoms with Crippen LogP contribution in [0.3, 0.4) is 0 Å². The molecule has 1 aromatic heterocycles. The molecule has 1 aliphatic heterocycles. The van der Waals surface area contributed by atoms with E-state index in [2.05, 4.69) is 30.8 Å². The van der Waals surface area contributed by atoms with Crippen LogP contribution in [0.2, 0.25) is 0 Å². The molecule has 0 atom stereocenters. The van der Waals surface area contributed by atoms with Gasteiger partial charge in [-0.1, -0.05) is 46.3 Å². The number of piperidine rings is 1. The normalized spacial score (nSPS) is 15.3. The first-order valence-corrected chi connectivity index (χ1v) is 11.9. The van der Waals surface area contributed by atoms with E-state index in [0.717, 1.165) is 10.0 Å². The summed E-state index contributed by atoms with van der Waals surface area (Å²) in [6.45, 7) is 0.959. The van der Waals surface area contributed by atoms with Crippen molar-refractivity contribution in [1.29, 1.82) is 0 Å². The second-order valence-electron chi connectivity index (χ2n) is 7.17. The SMILES string of the molecule is O=C(c1cc(-c2ccc(Br)cc2)n[nH]1)N1CCC(NS(=O)(=O)c2ccccc2)CC1. The number of hydrogen-bond acceptors (Lipinski definition) is 4. The number of likely N-dealkylation sites (tertiary alicyclic amines) is 1. The average Bonchev–Trinajstić information content (AvgIpc) is 3.25. The molecular formula is C21H21BrN4O3S. The van der Waals surface area contributed by atoms with Crippen LogP contribution in [0.4, 0.5) is 0 Å². The third kappa shape index (κ3) is 4.63. The van der Waals surface area contributed by atoms with E-state index in [4.69, 9.17) is 0 Å². The van der Waals surface area contributed by atoms with Crippen molar-refractivity contribution in [2.45, 2.75) is 23.8 Å². The molecule has 0 unspecified atom stereocenters. The number of halogens is 1. The van der Waals surface area contributed by atoms with Gasteiger partial charge in [0, 0.05) is 29.2 Å². The van der Waals surface area contributed by atoms with Gasteiger partial charge in [-0.15, -0.1) is 0 Å². The van der Waals surface area contributed by atoms with Gasteiger partial charge < -0.3 is 4.90 Å².